The Kier molecular flexibility index (Phi) is 4.96. The molecule has 5 nitrogen and oxygen atoms in total. The lowest BCUT2D eigenvalue weighted by atomic mass is 10.1. The lowest BCUT2D eigenvalue weighted by Gasteiger charge is -2.12. The summed E-state index contributed by atoms with van der Waals surface area (Å²) in [7, 11) is -0.991. The number of sulfone groups is 1. The molecule has 1 aromatic heterocycles. The number of hydrogen-bond acceptors (Lipinski definition) is 5. The zero-order valence-corrected chi connectivity index (χ0v) is 15.3. The number of halogens is 1. The van der Waals surface area contributed by atoms with Gasteiger partial charge in [0.1, 0.15) is 11.6 Å². The molecule has 8 heteroatoms. The van der Waals surface area contributed by atoms with Gasteiger partial charge >= 0.3 is 0 Å². The Morgan fingerprint density at radius 1 is 1.42 bits per heavy atom. The number of nitrogens with zero attached hydrogens (tertiary/aromatic N) is 3. The summed E-state index contributed by atoms with van der Waals surface area (Å²) in [6, 6.07) is 6.54. The molecular weight excluding hydrogens is 349 g/mol. The molecule has 1 fully saturated rings. The molecule has 1 aromatic carbocycles. The quantitative estimate of drug-likeness (QED) is 0.758. The largest absolute Gasteiger partial charge is 0.309 e. The molecule has 130 valence electrons. The molecule has 2 unspecified atom stereocenters. The van der Waals surface area contributed by atoms with Crippen molar-refractivity contribution in [3.05, 3.63) is 41.5 Å². The smallest absolute Gasteiger partial charge is 0.191 e. The summed E-state index contributed by atoms with van der Waals surface area (Å²) < 4.78 is 38.4. The summed E-state index contributed by atoms with van der Waals surface area (Å²) in [6.07, 6.45) is 1.31. The number of aromatic nitrogens is 3. The Labute approximate surface area is 145 Å². The minimum atomic E-state index is -2.88. The van der Waals surface area contributed by atoms with Crippen molar-refractivity contribution >= 4 is 21.6 Å². The Hall–Kier alpha value is -1.41. The summed E-state index contributed by atoms with van der Waals surface area (Å²) in [5.41, 5.74) is 0.895. The molecule has 2 aromatic rings. The molecule has 0 amide bonds. The topological polar surface area (TPSA) is 64.8 Å². The Balaban J connectivity index is 1.69. The first-order valence-corrected chi connectivity index (χ1v) is 10.5. The van der Waals surface area contributed by atoms with Crippen molar-refractivity contribution in [3.63, 3.8) is 0 Å². The van der Waals surface area contributed by atoms with Crippen LogP contribution in [0.15, 0.2) is 29.4 Å². The third kappa shape index (κ3) is 3.97. The second-order valence-corrected chi connectivity index (χ2v) is 9.78. The molecule has 1 aliphatic rings. The van der Waals surface area contributed by atoms with Crippen LogP contribution >= 0.6 is 11.8 Å². The number of rotatable bonds is 5. The van der Waals surface area contributed by atoms with E-state index in [0.29, 0.717) is 12.8 Å². The van der Waals surface area contributed by atoms with Crippen molar-refractivity contribution in [2.45, 2.75) is 30.2 Å². The van der Waals surface area contributed by atoms with Crippen LogP contribution in [0.3, 0.4) is 0 Å². The van der Waals surface area contributed by atoms with E-state index in [1.165, 1.54) is 23.9 Å². The number of thioether (sulfide) groups is 1. The fourth-order valence-electron chi connectivity index (χ4n) is 2.90. The van der Waals surface area contributed by atoms with E-state index in [4.69, 9.17) is 0 Å². The van der Waals surface area contributed by atoms with Gasteiger partial charge in [0.2, 0.25) is 0 Å². The van der Waals surface area contributed by atoms with Crippen molar-refractivity contribution < 1.29 is 12.8 Å². The normalized spacial score (nSPS) is 21.0. The molecule has 0 bridgehead atoms. The van der Waals surface area contributed by atoms with Crippen molar-refractivity contribution in [3.8, 4) is 0 Å². The second-order valence-electron chi connectivity index (χ2n) is 6.25. The van der Waals surface area contributed by atoms with E-state index in [0.717, 1.165) is 16.5 Å². The van der Waals surface area contributed by atoms with Gasteiger partial charge in [-0.1, -0.05) is 23.9 Å². The Morgan fingerprint density at radius 2 is 2.21 bits per heavy atom. The van der Waals surface area contributed by atoms with Crippen LogP contribution in [0.1, 0.15) is 30.0 Å². The molecule has 0 saturated carbocycles. The third-order valence-electron chi connectivity index (χ3n) is 4.32. The van der Waals surface area contributed by atoms with Crippen molar-refractivity contribution in [2.24, 2.45) is 13.0 Å². The van der Waals surface area contributed by atoms with Gasteiger partial charge in [-0.15, -0.1) is 10.2 Å². The SMILES string of the molecule is CC(Sc1nnc(CC2CCS(=O)(=O)C2)n1C)c1cccc(F)c1. The van der Waals surface area contributed by atoms with Crippen LogP contribution in [0, 0.1) is 11.7 Å². The molecule has 2 heterocycles. The molecule has 0 radical (unpaired) electrons. The fraction of sp³-hybridized carbons (Fsp3) is 0.500. The van der Waals surface area contributed by atoms with Crippen LogP contribution in [-0.4, -0.2) is 34.7 Å². The van der Waals surface area contributed by atoms with Gasteiger partial charge in [-0.05, 0) is 37.0 Å². The highest BCUT2D eigenvalue weighted by Crippen LogP contribution is 2.34. The highest BCUT2D eigenvalue weighted by atomic mass is 32.2. The van der Waals surface area contributed by atoms with Gasteiger partial charge in [-0.3, -0.25) is 0 Å². The van der Waals surface area contributed by atoms with Gasteiger partial charge in [0.15, 0.2) is 15.0 Å². The van der Waals surface area contributed by atoms with E-state index in [1.54, 1.807) is 6.07 Å². The predicted octanol–water partition coefficient (Wildman–Crippen LogP) is 2.78. The van der Waals surface area contributed by atoms with Crippen LogP contribution in [0.25, 0.3) is 0 Å². The lowest BCUT2D eigenvalue weighted by molar-refractivity contribution is 0.552. The van der Waals surface area contributed by atoms with Gasteiger partial charge in [0.05, 0.1) is 11.5 Å². The van der Waals surface area contributed by atoms with Crippen LogP contribution in [0.2, 0.25) is 0 Å². The predicted molar refractivity (Wildman–Crippen MR) is 92.1 cm³/mol. The van der Waals surface area contributed by atoms with E-state index >= 15 is 0 Å². The second kappa shape index (κ2) is 6.84. The van der Waals surface area contributed by atoms with Gasteiger partial charge < -0.3 is 4.57 Å². The van der Waals surface area contributed by atoms with Gasteiger partial charge in [0.25, 0.3) is 0 Å². The zero-order valence-electron chi connectivity index (χ0n) is 13.6. The molecule has 0 spiro atoms. The average Bonchev–Trinajstić information content (AvgIpc) is 3.03. The van der Waals surface area contributed by atoms with Gasteiger partial charge in [0, 0.05) is 18.7 Å². The van der Waals surface area contributed by atoms with Gasteiger partial charge in [-0.2, -0.15) is 0 Å². The molecule has 0 N–H and O–H groups in total. The molecule has 2 atom stereocenters. The molecule has 0 aliphatic carbocycles. The van der Waals surface area contributed by atoms with Gasteiger partial charge in [-0.25, -0.2) is 12.8 Å². The Morgan fingerprint density at radius 3 is 2.88 bits per heavy atom. The lowest BCUT2D eigenvalue weighted by Crippen LogP contribution is -2.11. The Bertz CT molecular complexity index is 836. The highest BCUT2D eigenvalue weighted by molar-refractivity contribution is 7.99. The number of benzene rings is 1. The van der Waals surface area contributed by atoms with E-state index in [-0.39, 0.29) is 28.5 Å². The zero-order chi connectivity index (χ0) is 17.3. The van der Waals surface area contributed by atoms with E-state index < -0.39 is 9.84 Å². The van der Waals surface area contributed by atoms with Crippen molar-refractivity contribution in [1.82, 2.24) is 14.8 Å². The maximum Gasteiger partial charge on any atom is 0.191 e. The molecule has 3 rings (SSSR count). The summed E-state index contributed by atoms with van der Waals surface area (Å²) >= 11 is 1.51. The maximum absolute atomic E-state index is 13.3. The molecular formula is C16H20FN3O2S2. The summed E-state index contributed by atoms with van der Waals surface area (Å²) in [5.74, 6) is 1.18. The van der Waals surface area contributed by atoms with Crippen molar-refractivity contribution in [2.75, 3.05) is 11.5 Å². The first-order chi connectivity index (χ1) is 11.3. The summed E-state index contributed by atoms with van der Waals surface area (Å²) in [4.78, 5) is 0. The van der Waals surface area contributed by atoms with Crippen LogP contribution in [0.5, 0.6) is 0 Å². The van der Waals surface area contributed by atoms with Crippen molar-refractivity contribution in [1.29, 1.82) is 0 Å². The minimum absolute atomic E-state index is 0.0447. The van der Waals surface area contributed by atoms with Crippen LogP contribution < -0.4 is 0 Å². The van der Waals surface area contributed by atoms with E-state index in [1.807, 2.05) is 24.6 Å². The first-order valence-electron chi connectivity index (χ1n) is 7.85. The fourth-order valence-corrected chi connectivity index (χ4v) is 5.71. The summed E-state index contributed by atoms with van der Waals surface area (Å²) in [6.45, 7) is 2.00. The maximum atomic E-state index is 13.3. The van der Waals surface area contributed by atoms with Crippen LogP contribution in [-0.2, 0) is 23.3 Å². The molecule has 1 saturated heterocycles. The number of hydrogen-bond donors (Lipinski definition) is 0. The molecule has 24 heavy (non-hydrogen) atoms. The summed E-state index contributed by atoms with van der Waals surface area (Å²) in [5, 5.41) is 9.23. The van der Waals surface area contributed by atoms with E-state index in [2.05, 4.69) is 10.2 Å². The first kappa shape index (κ1) is 17.4. The van der Waals surface area contributed by atoms with E-state index in [9.17, 15) is 12.8 Å². The molecule has 1 aliphatic heterocycles. The van der Waals surface area contributed by atoms with Crippen LogP contribution in [0.4, 0.5) is 4.39 Å². The highest BCUT2D eigenvalue weighted by Gasteiger charge is 2.29. The average molecular weight is 369 g/mol. The minimum Gasteiger partial charge on any atom is -0.309 e. The third-order valence-corrected chi connectivity index (χ3v) is 7.35. The standard InChI is InChI=1S/C16H20FN3O2S2/c1-11(13-4-3-5-14(17)9-13)23-16-19-18-15(20(16)2)8-12-6-7-24(21,22)10-12/h3-5,9,11-12H,6-8,10H2,1-2H3. The monoisotopic (exact) mass is 369 g/mol.